The van der Waals surface area contributed by atoms with Crippen LogP contribution in [0.3, 0.4) is 0 Å². The number of aromatic nitrogens is 3. The minimum atomic E-state index is -2.64. The van der Waals surface area contributed by atoms with Crippen LogP contribution in [0, 0.1) is 10.6 Å². The van der Waals surface area contributed by atoms with Crippen molar-refractivity contribution < 1.29 is 13.3 Å². The minimum Gasteiger partial charge on any atom is -0.493 e. The van der Waals surface area contributed by atoms with Gasteiger partial charge in [0.1, 0.15) is 17.9 Å². The average molecular weight is 401 g/mol. The first-order chi connectivity index (χ1) is 13.3. The van der Waals surface area contributed by atoms with E-state index in [1.54, 1.807) is 18.2 Å². The first-order valence-corrected chi connectivity index (χ1v) is 10.7. The van der Waals surface area contributed by atoms with Crippen LogP contribution >= 0.6 is 0 Å². The highest BCUT2D eigenvalue weighted by Crippen LogP contribution is 2.29. The molecule has 3 rings (SSSR count). The van der Waals surface area contributed by atoms with E-state index >= 15 is 0 Å². The molecule has 146 valence electrons. The van der Waals surface area contributed by atoms with Gasteiger partial charge >= 0.3 is 0 Å². The Morgan fingerprint density at radius 1 is 1.21 bits per heavy atom. The van der Waals surface area contributed by atoms with Crippen LogP contribution in [0.15, 0.2) is 48.8 Å². The molecule has 2 aromatic carbocycles. The standard InChI is InChI=1S/C19H20FN5O2S/c1-3-27-17-10-14(20)7-8-16(17)18-22-12-23-19(25-18)24-15-6-4-5-13(9-15)11-28(2,21)26/h4-10,12,21H,3,11H2,1-2H3,(H,22,23,24,25). The molecule has 1 aromatic heterocycles. The van der Waals surface area contributed by atoms with Crippen molar-refractivity contribution in [3.8, 4) is 17.1 Å². The number of nitrogens with zero attached hydrogens (tertiary/aromatic N) is 3. The van der Waals surface area contributed by atoms with Gasteiger partial charge in [-0.3, -0.25) is 4.78 Å². The molecule has 0 saturated heterocycles. The summed E-state index contributed by atoms with van der Waals surface area (Å²) in [6.45, 7) is 2.20. The van der Waals surface area contributed by atoms with Crippen molar-refractivity contribution >= 4 is 21.4 Å². The van der Waals surface area contributed by atoms with E-state index in [4.69, 9.17) is 9.52 Å². The van der Waals surface area contributed by atoms with E-state index in [1.165, 1.54) is 24.7 Å². The minimum absolute atomic E-state index is 0.165. The second-order valence-corrected chi connectivity index (χ2v) is 8.48. The Labute approximate surface area is 163 Å². The quantitative estimate of drug-likeness (QED) is 0.621. The largest absolute Gasteiger partial charge is 0.493 e. The number of anilines is 2. The van der Waals surface area contributed by atoms with Gasteiger partial charge in [0.2, 0.25) is 5.95 Å². The van der Waals surface area contributed by atoms with Gasteiger partial charge in [-0.25, -0.2) is 18.6 Å². The van der Waals surface area contributed by atoms with Gasteiger partial charge in [-0.15, -0.1) is 0 Å². The fraction of sp³-hybridized carbons (Fsp3) is 0.211. The lowest BCUT2D eigenvalue weighted by Crippen LogP contribution is -2.03. The molecule has 1 atom stereocenters. The number of benzene rings is 2. The third-order valence-electron chi connectivity index (χ3n) is 3.68. The van der Waals surface area contributed by atoms with Crippen molar-refractivity contribution in [3.05, 3.63) is 60.2 Å². The predicted octanol–water partition coefficient (Wildman–Crippen LogP) is 4.00. The molecule has 1 unspecified atom stereocenters. The van der Waals surface area contributed by atoms with Crippen molar-refractivity contribution in [2.45, 2.75) is 12.7 Å². The number of rotatable bonds is 7. The summed E-state index contributed by atoms with van der Waals surface area (Å²) < 4.78 is 38.3. The highest BCUT2D eigenvalue weighted by atomic mass is 32.2. The predicted molar refractivity (Wildman–Crippen MR) is 107 cm³/mol. The van der Waals surface area contributed by atoms with Crippen LogP contribution in [0.1, 0.15) is 12.5 Å². The lowest BCUT2D eigenvalue weighted by molar-refractivity contribution is 0.339. The topological polar surface area (TPSA) is 101 Å². The zero-order valence-electron chi connectivity index (χ0n) is 15.5. The van der Waals surface area contributed by atoms with Crippen LogP contribution in [0.25, 0.3) is 11.4 Å². The Bertz CT molecular complexity index is 1090. The van der Waals surface area contributed by atoms with Crippen molar-refractivity contribution in [2.24, 2.45) is 0 Å². The van der Waals surface area contributed by atoms with Gasteiger partial charge < -0.3 is 10.1 Å². The smallest absolute Gasteiger partial charge is 0.230 e. The summed E-state index contributed by atoms with van der Waals surface area (Å²) in [7, 11) is -2.64. The summed E-state index contributed by atoms with van der Waals surface area (Å²) in [5, 5.41) is 3.07. The van der Waals surface area contributed by atoms with E-state index in [-0.39, 0.29) is 5.75 Å². The van der Waals surface area contributed by atoms with Gasteiger partial charge in [0.25, 0.3) is 0 Å². The zero-order valence-corrected chi connectivity index (χ0v) is 16.3. The molecular formula is C19H20FN5O2S. The summed E-state index contributed by atoms with van der Waals surface area (Å²) >= 11 is 0. The normalized spacial score (nSPS) is 13.0. The van der Waals surface area contributed by atoms with E-state index in [9.17, 15) is 8.60 Å². The summed E-state index contributed by atoms with van der Waals surface area (Å²) in [6.07, 6.45) is 2.76. The molecule has 0 amide bonds. The van der Waals surface area contributed by atoms with Crippen molar-refractivity contribution in [3.63, 3.8) is 0 Å². The first kappa shape index (κ1) is 19.7. The molecule has 2 N–H and O–H groups in total. The van der Waals surface area contributed by atoms with E-state index in [1.807, 2.05) is 19.1 Å². The SMILES string of the molecule is CCOc1cc(F)ccc1-c1ncnc(Nc2cccc(CS(C)(=N)=O)c2)n1. The molecule has 0 aliphatic rings. The molecule has 0 saturated carbocycles. The van der Waals surface area contributed by atoms with Gasteiger partial charge in [0.15, 0.2) is 5.82 Å². The van der Waals surface area contributed by atoms with E-state index < -0.39 is 15.5 Å². The van der Waals surface area contributed by atoms with Crippen LogP contribution in [-0.2, 0) is 15.5 Å². The van der Waals surface area contributed by atoms with Crippen molar-refractivity contribution in [1.82, 2.24) is 15.0 Å². The molecule has 7 nitrogen and oxygen atoms in total. The molecule has 0 spiro atoms. The fourth-order valence-corrected chi connectivity index (χ4v) is 3.44. The monoisotopic (exact) mass is 401 g/mol. The van der Waals surface area contributed by atoms with E-state index in [0.29, 0.717) is 35.4 Å². The number of hydrogen-bond donors (Lipinski definition) is 2. The van der Waals surface area contributed by atoms with Gasteiger partial charge in [0.05, 0.1) is 17.9 Å². The molecule has 9 heteroatoms. The third-order valence-corrected chi connectivity index (χ3v) is 4.57. The summed E-state index contributed by atoms with van der Waals surface area (Å²) in [6, 6.07) is 11.4. The van der Waals surface area contributed by atoms with Crippen LogP contribution in [-0.4, -0.2) is 32.0 Å². The molecule has 0 radical (unpaired) electrons. The maximum atomic E-state index is 13.5. The first-order valence-electron chi connectivity index (χ1n) is 8.53. The molecular weight excluding hydrogens is 381 g/mol. The number of ether oxygens (including phenoxy) is 1. The van der Waals surface area contributed by atoms with E-state index in [2.05, 4.69) is 20.3 Å². The van der Waals surface area contributed by atoms with Crippen LogP contribution in [0.2, 0.25) is 0 Å². The van der Waals surface area contributed by atoms with E-state index in [0.717, 1.165) is 5.56 Å². The number of hydrogen-bond acceptors (Lipinski definition) is 7. The third kappa shape index (κ3) is 5.23. The Hall–Kier alpha value is -3.07. The van der Waals surface area contributed by atoms with Gasteiger partial charge in [-0.1, -0.05) is 12.1 Å². The molecule has 0 aliphatic heterocycles. The molecule has 3 aromatic rings. The van der Waals surface area contributed by atoms with Gasteiger partial charge in [-0.2, -0.15) is 4.98 Å². The Morgan fingerprint density at radius 3 is 2.79 bits per heavy atom. The molecule has 0 bridgehead atoms. The summed E-state index contributed by atoms with van der Waals surface area (Å²) in [5.41, 5.74) is 2.03. The van der Waals surface area contributed by atoms with Crippen LogP contribution in [0.5, 0.6) is 5.75 Å². The Balaban J connectivity index is 1.88. The highest BCUT2D eigenvalue weighted by Gasteiger charge is 2.12. The fourth-order valence-electron chi connectivity index (χ4n) is 2.63. The molecule has 1 heterocycles. The Kier molecular flexibility index (Phi) is 5.84. The maximum Gasteiger partial charge on any atom is 0.230 e. The van der Waals surface area contributed by atoms with Crippen molar-refractivity contribution in [1.29, 1.82) is 4.78 Å². The lowest BCUT2D eigenvalue weighted by atomic mass is 10.2. The van der Waals surface area contributed by atoms with Crippen LogP contribution in [0.4, 0.5) is 16.0 Å². The van der Waals surface area contributed by atoms with Crippen LogP contribution < -0.4 is 10.1 Å². The molecule has 0 aliphatic carbocycles. The second kappa shape index (κ2) is 8.30. The second-order valence-electron chi connectivity index (χ2n) is 6.18. The Morgan fingerprint density at radius 2 is 2.04 bits per heavy atom. The van der Waals surface area contributed by atoms with Gasteiger partial charge in [0, 0.05) is 27.7 Å². The lowest BCUT2D eigenvalue weighted by Gasteiger charge is -2.11. The molecule has 28 heavy (non-hydrogen) atoms. The number of halogens is 1. The zero-order chi connectivity index (χ0) is 20.1. The maximum absolute atomic E-state index is 13.5. The average Bonchev–Trinajstić information content (AvgIpc) is 2.61. The highest BCUT2D eigenvalue weighted by molar-refractivity contribution is 7.90. The van der Waals surface area contributed by atoms with Crippen molar-refractivity contribution in [2.75, 3.05) is 18.2 Å². The van der Waals surface area contributed by atoms with Gasteiger partial charge in [-0.05, 0) is 36.8 Å². The molecule has 0 fully saturated rings. The summed E-state index contributed by atoms with van der Waals surface area (Å²) in [4.78, 5) is 12.7. The number of nitrogens with one attached hydrogen (secondary N) is 2. The summed E-state index contributed by atoms with van der Waals surface area (Å²) in [5.74, 6) is 0.767.